The van der Waals surface area contributed by atoms with Crippen molar-refractivity contribution in [3.05, 3.63) is 44.1 Å². The van der Waals surface area contributed by atoms with E-state index < -0.39 is 0 Å². The Labute approximate surface area is 121 Å². The average Bonchev–Trinajstić information content (AvgIpc) is 2.75. The molecule has 18 heavy (non-hydrogen) atoms. The number of nitrogens with one attached hydrogen (secondary N) is 1. The number of rotatable bonds is 4. The van der Waals surface area contributed by atoms with E-state index in [1.165, 1.54) is 10.4 Å². The van der Waals surface area contributed by atoms with Gasteiger partial charge in [-0.05, 0) is 35.6 Å². The van der Waals surface area contributed by atoms with Gasteiger partial charge in [0.25, 0.3) is 0 Å². The highest BCUT2D eigenvalue weighted by molar-refractivity contribution is 7.10. The summed E-state index contributed by atoms with van der Waals surface area (Å²) in [5, 5.41) is 6.48. The standard InChI is InChI=1S/C13H14Cl2N2S/c1-2-8-3-4-18-12(8)7-17-13-10(14)5-9(16)6-11(13)15/h3-6,17H,2,7,16H2,1H3. The van der Waals surface area contributed by atoms with Crippen LogP contribution in [0.15, 0.2) is 23.6 Å². The summed E-state index contributed by atoms with van der Waals surface area (Å²) in [4.78, 5) is 1.31. The molecule has 2 nitrogen and oxygen atoms in total. The quantitative estimate of drug-likeness (QED) is 0.795. The first kappa shape index (κ1) is 13.5. The Bertz CT molecular complexity index is 529. The van der Waals surface area contributed by atoms with E-state index in [0.717, 1.165) is 18.7 Å². The number of aryl methyl sites for hydroxylation is 1. The highest BCUT2D eigenvalue weighted by atomic mass is 35.5. The van der Waals surface area contributed by atoms with Crippen LogP contribution in [0.25, 0.3) is 0 Å². The fourth-order valence-electron chi connectivity index (χ4n) is 1.77. The lowest BCUT2D eigenvalue weighted by molar-refractivity contribution is 1.08. The van der Waals surface area contributed by atoms with Crippen LogP contribution in [-0.4, -0.2) is 0 Å². The lowest BCUT2D eigenvalue weighted by Crippen LogP contribution is -2.01. The van der Waals surface area contributed by atoms with Crippen LogP contribution in [0.3, 0.4) is 0 Å². The molecule has 0 atom stereocenters. The van der Waals surface area contributed by atoms with Crippen molar-refractivity contribution in [3.63, 3.8) is 0 Å². The molecule has 0 saturated carbocycles. The van der Waals surface area contributed by atoms with E-state index >= 15 is 0 Å². The Balaban J connectivity index is 2.16. The molecule has 5 heteroatoms. The Morgan fingerprint density at radius 1 is 1.28 bits per heavy atom. The van der Waals surface area contributed by atoms with E-state index in [-0.39, 0.29) is 0 Å². The smallest absolute Gasteiger partial charge is 0.0723 e. The zero-order valence-electron chi connectivity index (χ0n) is 9.97. The molecule has 0 aliphatic heterocycles. The Morgan fingerprint density at radius 3 is 2.56 bits per heavy atom. The van der Waals surface area contributed by atoms with Gasteiger partial charge in [0.05, 0.1) is 15.7 Å². The molecular formula is C13H14Cl2N2S. The van der Waals surface area contributed by atoms with Crippen molar-refractivity contribution in [2.45, 2.75) is 19.9 Å². The third kappa shape index (κ3) is 2.91. The second-order valence-electron chi connectivity index (χ2n) is 3.94. The molecule has 0 saturated heterocycles. The second-order valence-corrected chi connectivity index (χ2v) is 5.75. The highest BCUT2D eigenvalue weighted by Crippen LogP contribution is 2.33. The summed E-state index contributed by atoms with van der Waals surface area (Å²) in [5.41, 5.74) is 8.34. The van der Waals surface area contributed by atoms with Crippen molar-refractivity contribution >= 4 is 45.9 Å². The number of thiophene rings is 1. The molecule has 96 valence electrons. The maximum absolute atomic E-state index is 6.13. The van der Waals surface area contributed by atoms with E-state index in [9.17, 15) is 0 Å². The lowest BCUT2D eigenvalue weighted by Gasteiger charge is -2.11. The largest absolute Gasteiger partial charge is 0.399 e. The first-order chi connectivity index (χ1) is 8.61. The number of hydrogen-bond acceptors (Lipinski definition) is 3. The van der Waals surface area contributed by atoms with Gasteiger partial charge in [0.15, 0.2) is 0 Å². The number of hydrogen-bond donors (Lipinski definition) is 2. The Kier molecular flexibility index (Phi) is 4.38. The molecule has 0 fully saturated rings. The Morgan fingerprint density at radius 2 is 1.94 bits per heavy atom. The van der Waals surface area contributed by atoms with E-state index in [2.05, 4.69) is 23.7 Å². The van der Waals surface area contributed by atoms with Crippen LogP contribution in [0.1, 0.15) is 17.4 Å². The summed E-state index contributed by atoms with van der Waals surface area (Å²) in [7, 11) is 0. The minimum atomic E-state index is 0.551. The predicted molar refractivity (Wildman–Crippen MR) is 81.9 cm³/mol. The van der Waals surface area contributed by atoms with E-state index in [1.54, 1.807) is 23.5 Å². The third-order valence-corrected chi connectivity index (χ3v) is 4.27. The Hall–Kier alpha value is -0.900. The first-order valence-corrected chi connectivity index (χ1v) is 7.29. The van der Waals surface area contributed by atoms with Gasteiger partial charge < -0.3 is 11.1 Å². The molecule has 1 aromatic heterocycles. The van der Waals surface area contributed by atoms with Crippen LogP contribution >= 0.6 is 34.5 Å². The van der Waals surface area contributed by atoms with Crippen molar-refractivity contribution in [1.29, 1.82) is 0 Å². The topological polar surface area (TPSA) is 38.0 Å². The van der Waals surface area contributed by atoms with Crippen molar-refractivity contribution in [1.82, 2.24) is 0 Å². The van der Waals surface area contributed by atoms with E-state index in [1.807, 2.05) is 0 Å². The van der Waals surface area contributed by atoms with Crippen LogP contribution in [0.4, 0.5) is 11.4 Å². The summed E-state index contributed by atoms with van der Waals surface area (Å²) < 4.78 is 0. The van der Waals surface area contributed by atoms with Gasteiger partial charge in [0.1, 0.15) is 0 Å². The lowest BCUT2D eigenvalue weighted by atomic mass is 10.2. The van der Waals surface area contributed by atoms with Crippen molar-refractivity contribution in [2.24, 2.45) is 0 Å². The minimum absolute atomic E-state index is 0.551. The van der Waals surface area contributed by atoms with Gasteiger partial charge >= 0.3 is 0 Å². The maximum Gasteiger partial charge on any atom is 0.0723 e. The van der Waals surface area contributed by atoms with Crippen molar-refractivity contribution in [2.75, 3.05) is 11.1 Å². The van der Waals surface area contributed by atoms with Gasteiger partial charge in [0, 0.05) is 17.1 Å². The summed E-state index contributed by atoms with van der Waals surface area (Å²) in [5.74, 6) is 0. The molecule has 0 spiro atoms. The normalized spacial score (nSPS) is 10.6. The molecule has 0 aliphatic carbocycles. The van der Waals surface area contributed by atoms with Crippen LogP contribution < -0.4 is 11.1 Å². The number of benzene rings is 1. The van der Waals surface area contributed by atoms with Crippen molar-refractivity contribution in [3.8, 4) is 0 Å². The van der Waals surface area contributed by atoms with Gasteiger partial charge in [-0.15, -0.1) is 11.3 Å². The number of halogens is 2. The van der Waals surface area contributed by atoms with Gasteiger partial charge in [-0.2, -0.15) is 0 Å². The molecular weight excluding hydrogens is 287 g/mol. The summed E-state index contributed by atoms with van der Waals surface area (Å²) in [6.45, 7) is 2.87. The predicted octanol–water partition coefficient (Wildman–Crippen LogP) is 4.81. The van der Waals surface area contributed by atoms with Crippen molar-refractivity contribution < 1.29 is 0 Å². The monoisotopic (exact) mass is 300 g/mol. The molecule has 2 aromatic rings. The van der Waals surface area contributed by atoms with Crippen LogP contribution in [0.2, 0.25) is 10.0 Å². The van der Waals surface area contributed by atoms with E-state index in [4.69, 9.17) is 28.9 Å². The van der Waals surface area contributed by atoms with Gasteiger partial charge in [-0.3, -0.25) is 0 Å². The maximum atomic E-state index is 6.13. The summed E-state index contributed by atoms with van der Waals surface area (Å²) in [6, 6.07) is 5.55. The molecule has 3 N–H and O–H groups in total. The molecule has 0 bridgehead atoms. The van der Waals surface area contributed by atoms with Gasteiger partial charge in [-0.1, -0.05) is 30.1 Å². The molecule has 0 aliphatic rings. The average molecular weight is 301 g/mol. The number of anilines is 2. The fourth-order valence-corrected chi connectivity index (χ4v) is 3.32. The molecule has 0 amide bonds. The van der Waals surface area contributed by atoms with Gasteiger partial charge in [-0.25, -0.2) is 0 Å². The SMILES string of the molecule is CCc1ccsc1CNc1c(Cl)cc(N)cc1Cl. The van der Waals surface area contributed by atoms with Crippen LogP contribution in [0, 0.1) is 0 Å². The first-order valence-electron chi connectivity index (χ1n) is 5.65. The molecule has 2 rings (SSSR count). The highest BCUT2D eigenvalue weighted by Gasteiger charge is 2.08. The van der Waals surface area contributed by atoms with Crippen LogP contribution in [0.5, 0.6) is 0 Å². The zero-order chi connectivity index (χ0) is 13.1. The fraction of sp³-hybridized carbons (Fsp3) is 0.231. The second kappa shape index (κ2) is 5.83. The molecule has 0 radical (unpaired) electrons. The van der Waals surface area contributed by atoms with Gasteiger partial charge in [0.2, 0.25) is 0 Å². The van der Waals surface area contributed by atoms with E-state index in [0.29, 0.717) is 15.7 Å². The number of nitrogen functional groups attached to an aromatic ring is 1. The summed E-state index contributed by atoms with van der Waals surface area (Å²) in [6.07, 6.45) is 1.03. The third-order valence-electron chi connectivity index (χ3n) is 2.71. The number of nitrogens with two attached hydrogens (primary N) is 1. The minimum Gasteiger partial charge on any atom is -0.399 e. The zero-order valence-corrected chi connectivity index (χ0v) is 12.3. The molecule has 0 unspecified atom stereocenters. The van der Waals surface area contributed by atoms with Crippen LogP contribution in [-0.2, 0) is 13.0 Å². The molecule has 1 aromatic carbocycles. The summed E-state index contributed by atoms with van der Waals surface area (Å²) >= 11 is 14.0. The molecule has 1 heterocycles.